The van der Waals surface area contributed by atoms with E-state index in [1.54, 1.807) is 0 Å². The van der Waals surface area contributed by atoms with Crippen LogP contribution < -0.4 is 10.6 Å². The summed E-state index contributed by atoms with van der Waals surface area (Å²) in [6, 6.07) is 9.99. The second-order valence-electron chi connectivity index (χ2n) is 5.70. The predicted octanol–water partition coefficient (Wildman–Crippen LogP) is 1.86. The fourth-order valence-electron chi connectivity index (χ4n) is 3.08. The molecule has 19 heavy (non-hydrogen) atoms. The summed E-state index contributed by atoms with van der Waals surface area (Å²) in [5.41, 5.74) is 2.97. The predicted molar refractivity (Wildman–Crippen MR) is 77.2 cm³/mol. The van der Waals surface area contributed by atoms with Crippen LogP contribution in [0.1, 0.15) is 30.9 Å². The Bertz CT molecular complexity index is 415. The van der Waals surface area contributed by atoms with Gasteiger partial charge in [0.25, 0.3) is 0 Å². The topological polar surface area (TPSA) is 33.3 Å². The van der Waals surface area contributed by atoms with Gasteiger partial charge in [0.15, 0.2) is 0 Å². The van der Waals surface area contributed by atoms with Gasteiger partial charge in [0.2, 0.25) is 0 Å². The molecule has 0 spiro atoms. The lowest BCUT2D eigenvalue weighted by molar-refractivity contribution is -0.0102. The third-order valence-corrected chi connectivity index (χ3v) is 4.32. The molecule has 0 saturated heterocycles. The summed E-state index contributed by atoms with van der Waals surface area (Å²) in [6.45, 7) is 5.00. The van der Waals surface area contributed by atoms with Crippen molar-refractivity contribution in [3.63, 3.8) is 0 Å². The summed E-state index contributed by atoms with van der Waals surface area (Å²) in [6.07, 6.45) is 4.00. The molecule has 0 amide bonds. The Labute approximate surface area is 115 Å². The van der Waals surface area contributed by atoms with Crippen molar-refractivity contribution in [1.29, 1.82) is 0 Å². The first-order valence-corrected chi connectivity index (χ1v) is 7.50. The van der Waals surface area contributed by atoms with E-state index in [0.29, 0.717) is 18.2 Å². The monoisotopic (exact) mass is 260 g/mol. The molecule has 1 heterocycles. The summed E-state index contributed by atoms with van der Waals surface area (Å²) in [7, 11) is 0. The molecule has 0 aromatic heterocycles. The van der Waals surface area contributed by atoms with Crippen LogP contribution in [0.15, 0.2) is 24.3 Å². The average molecular weight is 260 g/mol. The zero-order valence-corrected chi connectivity index (χ0v) is 11.7. The normalized spacial score (nSPS) is 29.6. The third kappa shape index (κ3) is 3.16. The molecule has 2 N–H and O–H groups in total. The van der Waals surface area contributed by atoms with E-state index in [4.69, 9.17) is 4.74 Å². The maximum absolute atomic E-state index is 5.59. The number of rotatable bonds is 5. The van der Waals surface area contributed by atoms with Crippen LogP contribution in [0, 0.1) is 0 Å². The van der Waals surface area contributed by atoms with Gasteiger partial charge in [0.05, 0.1) is 6.10 Å². The Morgan fingerprint density at radius 3 is 2.84 bits per heavy atom. The molecular formula is C16H24N2O. The van der Waals surface area contributed by atoms with Crippen LogP contribution in [0.2, 0.25) is 0 Å². The van der Waals surface area contributed by atoms with E-state index in [0.717, 1.165) is 26.1 Å². The summed E-state index contributed by atoms with van der Waals surface area (Å²) in [5, 5.41) is 7.29. The van der Waals surface area contributed by atoms with E-state index in [-0.39, 0.29) is 0 Å². The standard InChI is InChI=1S/C16H24N2O/c1-2-19-16-8-14(9-16)18-11-15-7-12-5-3-4-6-13(12)10-17-15/h3-6,14-18H,2,7-11H2,1H3. The van der Waals surface area contributed by atoms with E-state index in [1.165, 1.54) is 24.0 Å². The average Bonchev–Trinajstić information content (AvgIpc) is 2.41. The van der Waals surface area contributed by atoms with E-state index in [9.17, 15) is 0 Å². The number of ether oxygens (including phenoxy) is 1. The Morgan fingerprint density at radius 1 is 1.26 bits per heavy atom. The maximum atomic E-state index is 5.59. The summed E-state index contributed by atoms with van der Waals surface area (Å²) in [5.74, 6) is 0. The first kappa shape index (κ1) is 13.1. The van der Waals surface area contributed by atoms with Gasteiger partial charge in [-0.15, -0.1) is 0 Å². The molecule has 1 aromatic carbocycles. The van der Waals surface area contributed by atoms with Gasteiger partial charge in [0, 0.05) is 31.8 Å². The number of hydrogen-bond acceptors (Lipinski definition) is 3. The minimum absolute atomic E-state index is 0.502. The Kier molecular flexibility index (Phi) is 4.16. The van der Waals surface area contributed by atoms with Crippen molar-refractivity contribution in [3.8, 4) is 0 Å². The highest BCUT2D eigenvalue weighted by atomic mass is 16.5. The lowest BCUT2D eigenvalue weighted by Gasteiger charge is -2.37. The summed E-state index contributed by atoms with van der Waals surface area (Å²) in [4.78, 5) is 0. The number of benzene rings is 1. The highest BCUT2D eigenvalue weighted by Crippen LogP contribution is 2.23. The van der Waals surface area contributed by atoms with Crippen LogP contribution in [0.5, 0.6) is 0 Å². The molecule has 3 rings (SSSR count). The van der Waals surface area contributed by atoms with Crippen LogP contribution in [0.4, 0.5) is 0 Å². The van der Waals surface area contributed by atoms with Crippen molar-refractivity contribution >= 4 is 0 Å². The van der Waals surface area contributed by atoms with Gasteiger partial charge >= 0.3 is 0 Å². The van der Waals surface area contributed by atoms with Crippen molar-refractivity contribution < 1.29 is 4.74 Å². The fourth-order valence-corrected chi connectivity index (χ4v) is 3.08. The van der Waals surface area contributed by atoms with Gasteiger partial charge in [-0.3, -0.25) is 0 Å². The van der Waals surface area contributed by atoms with Gasteiger partial charge in [-0.25, -0.2) is 0 Å². The second kappa shape index (κ2) is 6.04. The summed E-state index contributed by atoms with van der Waals surface area (Å²) >= 11 is 0. The van der Waals surface area contributed by atoms with Crippen LogP contribution in [0.3, 0.4) is 0 Å². The van der Waals surface area contributed by atoms with Crippen LogP contribution in [-0.4, -0.2) is 31.3 Å². The second-order valence-corrected chi connectivity index (χ2v) is 5.70. The zero-order chi connectivity index (χ0) is 13.1. The molecule has 1 aromatic rings. The maximum Gasteiger partial charge on any atom is 0.0604 e. The number of hydrogen-bond donors (Lipinski definition) is 2. The van der Waals surface area contributed by atoms with Crippen molar-refractivity contribution in [1.82, 2.24) is 10.6 Å². The van der Waals surface area contributed by atoms with E-state index in [1.807, 2.05) is 0 Å². The first-order valence-electron chi connectivity index (χ1n) is 7.50. The third-order valence-electron chi connectivity index (χ3n) is 4.32. The Balaban J connectivity index is 1.41. The van der Waals surface area contributed by atoms with E-state index >= 15 is 0 Å². The highest BCUT2D eigenvalue weighted by molar-refractivity contribution is 5.29. The lowest BCUT2D eigenvalue weighted by Crippen LogP contribution is -2.51. The van der Waals surface area contributed by atoms with Gasteiger partial charge in [-0.2, -0.15) is 0 Å². The lowest BCUT2D eigenvalue weighted by atomic mass is 9.88. The van der Waals surface area contributed by atoms with Gasteiger partial charge < -0.3 is 15.4 Å². The van der Waals surface area contributed by atoms with Crippen molar-refractivity contribution in [3.05, 3.63) is 35.4 Å². The fraction of sp³-hybridized carbons (Fsp3) is 0.625. The van der Waals surface area contributed by atoms with Gasteiger partial charge in [0.1, 0.15) is 0 Å². The molecule has 1 aliphatic heterocycles. The quantitative estimate of drug-likeness (QED) is 0.848. The minimum Gasteiger partial charge on any atom is -0.378 e. The largest absolute Gasteiger partial charge is 0.378 e. The molecule has 1 unspecified atom stereocenters. The van der Waals surface area contributed by atoms with Crippen LogP contribution in [-0.2, 0) is 17.7 Å². The smallest absolute Gasteiger partial charge is 0.0604 e. The molecule has 0 bridgehead atoms. The van der Waals surface area contributed by atoms with Crippen molar-refractivity contribution in [2.24, 2.45) is 0 Å². The molecular weight excluding hydrogens is 236 g/mol. The molecule has 1 atom stereocenters. The molecule has 1 aliphatic carbocycles. The first-order chi connectivity index (χ1) is 9.35. The number of fused-ring (bicyclic) bond motifs is 1. The number of nitrogens with one attached hydrogen (secondary N) is 2. The minimum atomic E-state index is 0.502. The Hall–Kier alpha value is -0.900. The molecule has 3 nitrogen and oxygen atoms in total. The molecule has 0 radical (unpaired) electrons. The van der Waals surface area contributed by atoms with E-state index < -0.39 is 0 Å². The molecule has 104 valence electrons. The molecule has 2 aliphatic rings. The van der Waals surface area contributed by atoms with Gasteiger partial charge in [-0.05, 0) is 37.3 Å². The van der Waals surface area contributed by atoms with Crippen molar-refractivity contribution in [2.75, 3.05) is 13.2 Å². The SMILES string of the molecule is CCOC1CC(NCC2Cc3ccccc3CN2)C1. The zero-order valence-electron chi connectivity index (χ0n) is 11.7. The van der Waals surface area contributed by atoms with Crippen molar-refractivity contribution in [2.45, 2.75) is 50.9 Å². The Morgan fingerprint density at radius 2 is 2.05 bits per heavy atom. The van der Waals surface area contributed by atoms with Crippen LogP contribution in [0.25, 0.3) is 0 Å². The molecule has 1 fully saturated rings. The molecule has 3 heteroatoms. The van der Waals surface area contributed by atoms with Crippen LogP contribution >= 0.6 is 0 Å². The van der Waals surface area contributed by atoms with Gasteiger partial charge in [-0.1, -0.05) is 24.3 Å². The summed E-state index contributed by atoms with van der Waals surface area (Å²) < 4.78 is 5.59. The highest BCUT2D eigenvalue weighted by Gasteiger charge is 2.29. The van der Waals surface area contributed by atoms with E-state index in [2.05, 4.69) is 41.8 Å². The molecule has 1 saturated carbocycles.